The van der Waals surface area contributed by atoms with Crippen LogP contribution >= 0.6 is 0 Å². The molecule has 1 fully saturated rings. The second-order valence-electron chi connectivity index (χ2n) is 2.90. The molecule has 1 aliphatic rings. The molecule has 4 radical (unpaired) electrons. The van der Waals surface area contributed by atoms with Gasteiger partial charge in [0.05, 0.1) is 0 Å². The van der Waals surface area contributed by atoms with Gasteiger partial charge in [0.2, 0.25) is 0 Å². The first kappa shape index (κ1) is 50.3. The van der Waals surface area contributed by atoms with Gasteiger partial charge < -0.3 is 28.7 Å². The van der Waals surface area contributed by atoms with Crippen LogP contribution in [0.3, 0.4) is 0 Å². The molecule has 2 unspecified atom stereocenters. The van der Waals surface area contributed by atoms with E-state index >= 15 is 0 Å². The summed E-state index contributed by atoms with van der Waals surface area (Å²) in [5.74, 6) is 1.40. The van der Waals surface area contributed by atoms with E-state index in [-0.39, 0.29) is 131 Å². The quantitative estimate of drug-likeness (QED) is 0.339. The Hall–Kier alpha value is 3.71. The molecule has 0 aromatic rings. The standard InChI is InChI=1S/C8H14.2CH3.4V.2W/c1-7-4-3-5-8(2)6-7;;;;;;;;/h7-8H,1-6H2;2*1H3;;;;;;/q-2;2*-1;;;;;;. The number of rotatable bonds is 0. The molecule has 0 spiro atoms. The molecule has 0 bridgehead atoms. The average molecular weight is 712 g/mol. The van der Waals surface area contributed by atoms with Gasteiger partial charge >= 0.3 is 0 Å². The number of hydrogen-bond acceptors (Lipinski definition) is 0. The topological polar surface area (TPSA) is 0 Å². The Morgan fingerprint density at radius 3 is 1.06 bits per heavy atom. The van der Waals surface area contributed by atoms with Crippen molar-refractivity contribution in [3.05, 3.63) is 28.7 Å². The van der Waals surface area contributed by atoms with E-state index in [1.165, 1.54) is 25.7 Å². The fourth-order valence-corrected chi connectivity index (χ4v) is 1.40. The number of hydrogen-bond donors (Lipinski definition) is 0. The van der Waals surface area contributed by atoms with Crippen LogP contribution in [0.2, 0.25) is 0 Å². The van der Waals surface area contributed by atoms with Gasteiger partial charge in [-0.1, -0.05) is 19.3 Å². The van der Waals surface area contributed by atoms with Crippen molar-refractivity contribution < 1.29 is 116 Å². The van der Waals surface area contributed by atoms with Crippen molar-refractivity contribution in [3.63, 3.8) is 0 Å². The van der Waals surface area contributed by atoms with E-state index in [0.717, 1.165) is 0 Å². The van der Waals surface area contributed by atoms with E-state index in [2.05, 4.69) is 13.8 Å². The molecule has 2 atom stereocenters. The smallest absolute Gasteiger partial charge is 0 e. The maximum atomic E-state index is 4.01. The summed E-state index contributed by atoms with van der Waals surface area (Å²) in [6.45, 7) is 8.02. The van der Waals surface area contributed by atoms with Gasteiger partial charge in [-0.3, -0.25) is 0 Å². The maximum absolute atomic E-state index is 4.01. The van der Waals surface area contributed by atoms with Gasteiger partial charge in [0.15, 0.2) is 0 Å². The molecule has 0 aromatic carbocycles. The molecule has 1 rings (SSSR count). The summed E-state index contributed by atoms with van der Waals surface area (Å²) in [5.41, 5.74) is 0. The van der Waals surface area contributed by atoms with Crippen LogP contribution in [0.5, 0.6) is 0 Å². The zero-order valence-corrected chi connectivity index (χ0v) is 21.5. The van der Waals surface area contributed by atoms with E-state index in [1.807, 2.05) is 0 Å². The van der Waals surface area contributed by atoms with Crippen molar-refractivity contribution in [2.75, 3.05) is 0 Å². The molecular formula is C10H20V4W2-4. The van der Waals surface area contributed by atoms with E-state index < -0.39 is 0 Å². The molecule has 0 aliphatic heterocycles. The molecule has 0 aromatic heterocycles. The minimum absolute atomic E-state index is 0. The molecule has 1 saturated carbocycles. The monoisotopic (exact) mass is 712 g/mol. The Balaban J connectivity index is -0.0000000133. The van der Waals surface area contributed by atoms with E-state index in [4.69, 9.17) is 0 Å². The van der Waals surface area contributed by atoms with Crippen LogP contribution in [0.15, 0.2) is 0 Å². The second kappa shape index (κ2) is 31.2. The van der Waals surface area contributed by atoms with E-state index in [0.29, 0.717) is 11.8 Å². The molecular weight excluding hydrogens is 692 g/mol. The summed E-state index contributed by atoms with van der Waals surface area (Å²) in [5, 5.41) is 0. The van der Waals surface area contributed by atoms with Gasteiger partial charge in [-0.2, -0.15) is 11.8 Å². The molecule has 96 valence electrons. The Bertz CT molecular complexity index is 79.2. The first-order valence-electron chi connectivity index (χ1n) is 3.45. The van der Waals surface area contributed by atoms with Crippen LogP contribution in [-0.4, -0.2) is 0 Å². The normalized spacial score (nSPS) is 19.9. The molecule has 1 aliphatic carbocycles. The third-order valence-corrected chi connectivity index (χ3v) is 1.89. The Labute approximate surface area is 180 Å². The van der Waals surface area contributed by atoms with Crippen LogP contribution in [0.25, 0.3) is 0 Å². The van der Waals surface area contributed by atoms with Crippen LogP contribution in [0, 0.1) is 40.5 Å². The summed E-state index contributed by atoms with van der Waals surface area (Å²) in [4.78, 5) is 0. The Morgan fingerprint density at radius 1 is 0.688 bits per heavy atom. The largest absolute Gasteiger partial charge is 0.358 e. The Morgan fingerprint density at radius 2 is 0.938 bits per heavy atom. The summed E-state index contributed by atoms with van der Waals surface area (Å²) in [6.07, 6.45) is 5.25. The molecule has 0 amide bonds. The van der Waals surface area contributed by atoms with E-state index in [9.17, 15) is 0 Å². The van der Waals surface area contributed by atoms with Crippen molar-refractivity contribution >= 4 is 0 Å². The third kappa shape index (κ3) is 26.3. The summed E-state index contributed by atoms with van der Waals surface area (Å²) < 4.78 is 0. The van der Waals surface area contributed by atoms with E-state index in [1.54, 1.807) is 0 Å². The van der Waals surface area contributed by atoms with Crippen molar-refractivity contribution in [1.82, 2.24) is 0 Å². The molecule has 0 nitrogen and oxygen atoms in total. The van der Waals surface area contributed by atoms with Crippen molar-refractivity contribution in [2.24, 2.45) is 11.8 Å². The van der Waals surface area contributed by atoms with Gasteiger partial charge in [0.25, 0.3) is 0 Å². The fourth-order valence-electron chi connectivity index (χ4n) is 1.40. The maximum Gasteiger partial charge on any atom is 0 e. The summed E-state index contributed by atoms with van der Waals surface area (Å²) >= 11 is 0. The fraction of sp³-hybridized carbons (Fsp3) is 0.600. The zero-order valence-electron chi connectivity index (χ0n) is 10.0. The van der Waals surface area contributed by atoms with Crippen LogP contribution in [0.4, 0.5) is 0 Å². The predicted octanol–water partition coefficient (Wildman–Crippen LogP) is 3.35. The van der Waals surface area contributed by atoms with Crippen LogP contribution in [0.1, 0.15) is 25.7 Å². The third-order valence-electron chi connectivity index (χ3n) is 1.89. The first-order chi connectivity index (χ1) is 3.79. The minimum atomic E-state index is 0. The van der Waals surface area contributed by atoms with Gasteiger partial charge in [0.1, 0.15) is 0 Å². The molecule has 0 N–H and O–H groups in total. The molecule has 6 heteroatoms. The molecule has 16 heavy (non-hydrogen) atoms. The SMILES string of the molecule is [CH2-]C1CCCC([CH2-])C1.[CH3-].[CH3-].[V].[V].[V].[V].[W].[W]. The summed E-state index contributed by atoms with van der Waals surface area (Å²) in [7, 11) is 0. The van der Waals surface area contributed by atoms with Gasteiger partial charge in [-0.05, 0) is 0 Å². The predicted molar refractivity (Wildman–Crippen MR) is 49.0 cm³/mol. The second-order valence-corrected chi connectivity index (χ2v) is 2.90. The summed E-state index contributed by atoms with van der Waals surface area (Å²) in [6, 6.07) is 0. The molecule has 0 heterocycles. The van der Waals surface area contributed by atoms with Gasteiger partial charge in [-0.25, -0.2) is 0 Å². The van der Waals surface area contributed by atoms with Crippen molar-refractivity contribution in [2.45, 2.75) is 25.7 Å². The minimum Gasteiger partial charge on any atom is -0.358 e. The van der Waals surface area contributed by atoms with Crippen molar-refractivity contribution in [3.8, 4) is 0 Å². The average Bonchev–Trinajstić information content (AvgIpc) is 1.64. The Kier molecular flexibility index (Phi) is 98.2. The van der Waals surface area contributed by atoms with Crippen molar-refractivity contribution in [1.29, 1.82) is 0 Å². The first-order valence-corrected chi connectivity index (χ1v) is 3.45. The van der Waals surface area contributed by atoms with Crippen LogP contribution < -0.4 is 0 Å². The van der Waals surface area contributed by atoms with Crippen LogP contribution in [-0.2, 0) is 116 Å². The zero-order chi connectivity index (χ0) is 5.98. The van der Waals surface area contributed by atoms with Gasteiger partial charge in [0, 0.05) is 116 Å². The van der Waals surface area contributed by atoms with Gasteiger partial charge in [-0.15, -0.1) is 6.42 Å². The molecule has 0 saturated heterocycles.